The van der Waals surface area contributed by atoms with Crippen molar-refractivity contribution < 1.29 is 28.7 Å². The molecule has 0 aromatic heterocycles. The number of carbonyl (C=O) groups is 4. The maximum Gasteiger partial charge on any atom is 0.305 e. The number of hydrogen-bond donors (Lipinski definition) is 0. The van der Waals surface area contributed by atoms with E-state index < -0.39 is 0 Å². The topological polar surface area (TPSA) is 86.7 Å². The van der Waals surface area contributed by atoms with Crippen LogP contribution in [0.2, 0.25) is 0 Å². The first kappa shape index (κ1) is 31.0. The van der Waals surface area contributed by atoms with Crippen LogP contribution in [0.1, 0.15) is 78.1 Å². The van der Waals surface area contributed by atoms with E-state index in [1.54, 1.807) is 0 Å². The minimum absolute atomic E-state index is 0.0000694. The molecule has 0 aliphatic heterocycles. The van der Waals surface area contributed by atoms with Crippen molar-refractivity contribution in [2.24, 2.45) is 23.7 Å². The summed E-state index contributed by atoms with van der Waals surface area (Å²) in [6, 6.07) is 0. The van der Waals surface area contributed by atoms with Gasteiger partial charge in [0, 0.05) is 47.2 Å². The third-order valence-electron chi connectivity index (χ3n) is 6.86. The Balaban J connectivity index is 0.000000342. The van der Waals surface area contributed by atoms with Crippen molar-refractivity contribution in [1.82, 2.24) is 0 Å². The molecular formula is C26H40Br2O6. The van der Waals surface area contributed by atoms with E-state index in [0.717, 1.165) is 38.5 Å². The standard InChI is InChI=1S/C13H20Br2O3.C13H20O3/c1-3-10(14)11(15)7-9-8(4-5-12(9)16)6-13(17)18-2;1-3-4-5-6-11-10(7-8-12(11)14)9-13(15)16-2/h8-11H,3-7H2,1-2H3;4-5,10-11H,3,6-9H2,1-2H3/b;5-4-. The second kappa shape index (κ2) is 16.6. The molecule has 2 aliphatic carbocycles. The van der Waals surface area contributed by atoms with Gasteiger partial charge in [-0.05, 0) is 50.4 Å². The van der Waals surface area contributed by atoms with Crippen LogP contribution in [0.25, 0.3) is 0 Å². The summed E-state index contributed by atoms with van der Waals surface area (Å²) in [5.41, 5.74) is 0. The number of hydrogen-bond acceptors (Lipinski definition) is 6. The van der Waals surface area contributed by atoms with Crippen LogP contribution in [-0.4, -0.2) is 47.4 Å². The second-order valence-electron chi connectivity index (χ2n) is 9.09. The van der Waals surface area contributed by atoms with Crippen molar-refractivity contribution in [2.75, 3.05) is 14.2 Å². The van der Waals surface area contributed by atoms with E-state index in [0.29, 0.717) is 42.1 Å². The molecule has 2 saturated carbocycles. The molecule has 0 N–H and O–H groups in total. The lowest BCUT2D eigenvalue weighted by molar-refractivity contribution is -0.143. The van der Waals surface area contributed by atoms with Gasteiger partial charge in [-0.1, -0.05) is 57.9 Å². The number of methoxy groups -OCH3 is 2. The highest BCUT2D eigenvalue weighted by atomic mass is 79.9. The maximum absolute atomic E-state index is 11.9. The van der Waals surface area contributed by atoms with E-state index >= 15 is 0 Å². The number of ether oxygens (including phenoxy) is 2. The highest BCUT2D eigenvalue weighted by molar-refractivity contribution is 9.12. The van der Waals surface area contributed by atoms with Gasteiger partial charge in [0.2, 0.25) is 0 Å². The molecule has 0 amide bonds. The zero-order valence-electron chi connectivity index (χ0n) is 20.9. The Morgan fingerprint density at radius 3 is 1.85 bits per heavy atom. The van der Waals surface area contributed by atoms with Crippen LogP contribution < -0.4 is 0 Å². The van der Waals surface area contributed by atoms with Crippen molar-refractivity contribution in [2.45, 2.75) is 87.7 Å². The molecule has 2 fully saturated rings. The SMILES string of the molecule is CC/C=C\CC1C(=O)CCC1CC(=O)OC.CCC(Br)C(Br)CC1C(=O)CCC1CC(=O)OC. The summed E-state index contributed by atoms with van der Waals surface area (Å²) in [6.45, 7) is 4.18. The number of esters is 2. The molecule has 6 atom stereocenters. The molecule has 0 spiro atoms. The Labute approximate surface area is 221 Å². The largest absolute Gasteiger partial charge is 0.469 e. The van der Waals surface area contributed by atoms with E-state index in [1.165, 1.54) is 14.2 Å². The van der Waals surface area contributed by atoms with E-state index in [1.807, 2.05) is 0 Å². The minimum atomic E-state index is -0.211. The molecule has 0 aromatic carbocycles. The molecule has 8 heteroatoms. The molecule has 0 bridgehead atoms. The fourth-order valence-corrected chi connectivity index (χ4v) is 5.73. The molecule has 6 unspecified atom stereocenters. The first-order valence-corrected chi connectivity index (χ1v) is 14.1. The maximum atomic E-state index is 11.9. The predicted molar refractivity (Wildman–Crippen MR) is 140 cm³/mol. The molecular weight excluding hydrogens is 568 g/mol. The van der Waals surface area contributed by atoms with Crippen molar-refractivity contribution in [3.8, 4) is 0 Å². The van der Waals surface area contributed by atoms with Gasteiger partial charge >= 0.3 is 11.9 Å². The average molecular weight is 608 g/mol. The number of carbonyl (C=O) groups excluding carboxylic acids is 4. The zero-order chi connectivity index (χ0) is 25.7. The van der Waals surface area contributed by atoms with Crippen LogP contribution in [0, 0.1) is 23.7 Å². The van der Waals surface area contributed by atoms with Gasteiger partial charge in [0.25, 0.3) is 0 Å². The first-order valence-electron chi connectivity index (χ1n) is 12.3. The van der Waals surface area contributed by atoms with E-state index in [-0.39, 0.29) is 40.4 Å². The fraction of sp³-hybridized carbons (Fsp3) is 0.769. The summed E-state index contributed by atoms with van der Waals surface area (Å²) in [5, 5.41) is 0. The quantitative estimate of drug-likeness (QED) is 0.163. The van der Waals surface area contributed by atoms with Crippen LogP contribution in [-0.2, 0) is 28.7 Å². The Bertz CT molecular complexity index is 707. The molecule has 0 heterocycles. The van der Waals surface area contributed by atoms with Crippen LogP contribution in [0.15, 0.2) is 12.2 Å². The highest BCUT2D eigenvalue weighted by Gasteiger charge is 2.38. The van der Waals surface area contributed by atoms with Crippen LogP contribution in [0.4, 0.5) is 0 Å². The summed E-state index contributed by atoms with van der Waals surface area (Å²) in [7, 11) is 2.79. The summed E-state index contributed by atoms with van der Waals surface area (Å²) >= 11 is 7.24. The smallest absolute Gasteiger partial charge is 0.305 e. The van der Waals surface area contributed by atoms with E-state index in [2.05, 4.69) is 62.6 Å². The third kappa shape index (κ3) is 10.3. The second-order valence-corrected chi connectivity index (χ2v) is 11.4. The van der Waals surface area contributed by atoms with Crippen LogP contribution >= 0.6 is 31.9 Å². The number of alkyl halides is 2. The van der Waals surface area contributed by atoms with Gasteiger partial charge in [-0.25, -0.2) is 0 Å². The monoisotopic (exact) mass is 606 g/mol. The zero-order valence-corrected chi connectivity index (χ0v) is 24.1. The fourth-order valence-electron chi connectivity index (χ4n) is 4.74. The number of allylic oxidation sites excluding steroid dienone is 2. The summed E-state index contributed by atoms with van der Waals surface area (Å²) < 4.78 is 9.35. The van der Waals surface area contributed by atoms with Gasteiger partial charge in [-0.15, -0.1) is 0 Å². The van der Waals surface area contributed by atoms with Gasteiger partial charge in [0.15, 0.2) is 0 Å². The highest BCUT2D eigenvalue weighted by Crippen LogP contribution is 2.38. The molecule has 0 radical (unpaired) electrons. The van der Waals surface area contributed by atoms with Gasteiger partial charge < -0.3 is 9.47 Å². The first-order chi connectivity index (χ1) is 16.2. The third-order valence-corrected chi connectivity index (χ3v) is 9.86. The predicted octanol–water partition coefficient (Wildman–Crippen LogP) is 5.97. The summed E-state index contributed by atoms with van der Waals surface area (Å²) in [6.07, 6.45) is 11.3. The Kier molecular flexibility index (Phi) is 15.2. The van der Waals surface area contributed by atoms with Crippen molar-refractivity contribution in [3.63, 3.8) is 0 Å². The molecule has 6 nitrogen and oxygen atoms in total. The molecule has 0 aromatic rings. The van der Waals surface area contributed by atoms with Crippen LogP contribution in [0.5, 0.6) is 0 Å². The molecule has 34 heavy (non-hydrogen) atoms. The lowest BCUT2D eigenvalue weighted by Gasteiger charge is -2.22. The Morgan fingerprint density at radius 1 is 0.882 bits per heavy atom. The van der Waals surface area contributed by atoms with Gasteiger partial charge in [-0.3, -0.25) is 19.2 Å². The molecule has 2 rings (SSSR count). The number of rotatable bonds is 11. The number of Topliss-reactive ketones (excluding diaryl/α,β-unsaturated/α-hetero) is 2. The average Bonchev–Trinajstić information content (AvgIpc) is 3.35. The van der Waals surface area contributed by atoms with E-state index in [9.17, 15) is 19.2 Å². The van der Waals surface area contributed by atoms with E-state index in [4.69, 9.17) is 4.74 Å². The van der Waals surface area contributed by atoms with Gasteiger partial charge in [0.05, 0.1) is 14.2 Å². The Hall–Kier alpha value is -1.02. The van der Waals surface area contributed by atoms with Crippen LogP contribution in [0.3, 0.4) is 0 Å². The molecule has 0 saturated heterocycles. The lowest BCUT2D eigenvalue weighted by Crippen LogP contribution is -2.25. The van der Waals surface area contributed by atoms with Crippen molar-refractivity contribution in [1.29, 1.82) is 0 Å². The van der Waals surface area contributed by atoms with Gasteiger partial charge in [0.1, 0.15) is 11.6 Å². The summed E-state index contributed by atoms with van der Waals surface area (Å²) in [5.74, 6) is 0.546. The molecule has 194 valence electrons. The normalized spacial score (nSPS) is 26.2. The number of halogens is 2. The lowest BCUT2D eigenvalue weighted by atomic mass is 9.88. The minimum Gasteiger partial charge on any atom is -0.469 e. The molecule has 2 aliphatic rings. The van der Waals surface area contributed by atoms with Crippen molar-refractivity contribution >= 4 is 55.4 Å². The number of ketones is 2. The Morgan fingerprint density at radius 2 is 1.38 bits per heavy atom. The summed E-state index contributed by atoms with van der Waals surface area (Å²) in [4.78, 5) is 46.8. The van der Waals surface area contributed by atoms with Crippen molar-refractivity contribution in [3.05, 3.63) is 12.2 Å². The van der Waals surface area contributed by atoms with Gasteiger partial charge in [-0.2, -0.15) is 0 Å².